The minimum atomic E-state index is 0.621. The van der Waals surface area contributed by atoms with Crippen LogP contribution < -0.4 is 0 Å². The first kappa shape index (κ1) is 26.5. The van der Waals surface area contributed by atoms with Crippen molar-refractivity contribution in [3.63, 3.8) is 0 Å². The lowest BCUT2D eigenvalue weighted by Gasteiger charge is -2.13. The molecule has 0 saturated heterocycles. The van der Waals surface area contributed by atoms with Gasteiger partial charge in [-0.1, -0.05) is 151 Å². The highest BCUT2D eigenvalue weighted by molar-refractivity contribution is 6.30. The maximum Gasteiger partial charge on any atom is 0.164 e. The van der Waals surface area contributed by atoms with Gasteiger partial charge in [-0.3, -0.25) is 0 Å². The third-order valence-corrected chi connectivity index (χ3v) is 7.69. The van der Waals surface area contributed by atoms with E-state index in [9.17, 15) is 0 Å². The van der Waals surface area contributed by atoms with E-state index in [4.69, 9.17) is 26.6 Å². The number of hydrogen-bond acceptors (Lipinski definition) is 3. The monoisotopic (exact) mass is 571 g/mol. The lowest BCUT2D eigenvalue weighted by molar-refractivity contribution is 1.07. The van der Waals surface area contributed by atoms with Crippen LogP contribution in [0.4, 0.5) is 0 Å². The van der Waals surface area contributed by atoms with Gasteiger partial charge in [-0.25, -0.2) is 15.0 Å². The number of nitrogens with zero attached hydrogens (tertiary/aromatic N) is 3. The van der Waals surface area contributed by atoms with Crippen molar-refractivity contribution in [2.45, 2.75) is 0 Å². The fourth-order valence-electron chi connectivity index (χ4n) is 5.22. The molecule has 0 fully saturated rings. The summed E-state index contributed by atoms with van der Waals surface area (Å²) >= 11 is 6.11. The first-order valence-corrected chi connectivity index (χ1v) is 14.5. The summed E-state index contributed by atoms with van der Waals surface area (Å²) in [6.07, 6.45) is 0. The van der Waals surface area contributed by atoms with Crippen molar-refractivity contribution in [3.8, 4) is 67.5 Å². The van der Waals surface area contributed by atoms with Crippen LogP contribution in [0.15, 0.2) is 158 Å². The summed E-state index contributed by atoms with van der Waals surface area (Å²) in [4.78, 5) is 15.1. The Labute approximate surface area is 256 Å². The quantitative estimate of drug-likeness (QED) is 0.199. The molecule has 0 spiro atoms. The Kier molecular flexibility index (Phi) is 7.31. The van der Waals surface area contributed by atoms with E-state index in [2.05, 4.69) is 97.1 Å². The molecule has 1 aromatic heterocycles. The summed E-state index contributed by atoms with van der Waals surface area (Å²) in [6.45, 7) is 0. The van der Waals surface area contributed by atoms with E-state index in [1.807, 2.05) is 60.7 Å². The maximum absolute atomic E-state index is 6.11. The van der Waals surface area contributed by atoms with E-state index in [0.29, 0.717) is 17.5 Å². The zero-order valence-electron chi connectivity index (χ0n) is 23.2. The first-order chi connectivity index (χ1) is 21.2. The van der Waals surface area contributed by atoms with Crippen LogP contribution in [0.2, 0.25) is 5.02 Å². The van der Waals surface area contributed by atoms with Crippen molar-refractivity contribution in [2.75, 3.05) is 0 Å². The van der Waals surface area contributed by atoms with E-state index in [1.165, 1.54) is 0 Å². The van der Waals surface area contributed by atoms with Gasteiger partial charge in [-0.15, -0.1) is 0 Å². The molecule has 0 saturated carbocycles. The molecule has 3 nitrogen and oxygen atoms in total. The zero-order valence-corrected chi connectivity index (χ0v) is 24.0. The zero-order chi connectivity index (χ0) is 29.0. The summed E-state index contributed by atoms with van der Waals surface area (Å²) in [5.74, 6) is 1.88. The van der Waals surface area contributed by atoms with Gasteiger partial charge in [0.05, 0.1) is 0 Å². The Hall–Kier alpha value is -5.38. The second-order valence-electron chi connectivity index (χ2n) is 10.2. The Morgan fingerprint density at radius 1 is 0.302 bits per heavy atom. The van der Waals surface area contributed by atoms with Gasteiger partial charge in [-0.2, -0.15) is 0 Å². The van der Waals surface area contributed by atoms with Crippen LogP contribution in [0, 0.1) is 0 Å². The van der Waals surface area contributed by atoms with Crippen LogP contribution in [-0.2, 0) is 0 Å². The van der Waals surface area contributed by atoms with E-state index in [1.54, 1.807) is 0 Å². The molecule has 4 heteroatoms. The Bertz CT molecular complexity index is 2000. The molecule has 0 bridgehead atoms. The molecule has 0 aliphatic heterocycles. The molecule has 43 heavy (non-hydrogen) atoms. The van der Waals surface area contributed by atoms with Crippen molar-refractivity contribution in [1.82, 2.24) is 15.0 Å². The van der Waals surface area contributed by atoms with Crippen molar-refractivity contribution in [3.05, 3.63) is 163 Å². The fourth-order valence-corrected chi connectivity index (χ4v) is 5.35. The van der Waals surface area contributed by atoms with Gasteiger partial charge in [0, 0.05) is 21.7 Å². The highest BCUT2D eigenvalue weighted by Gasteiger charge is 2.16. The Morgan fingerprint density at radius 3 is 1.42 bits per heavy atom. The smallest absolute Gasteiger partial charge is 0.164 e. The second-order valence-corrected chi connectivity index (χ2v) is 10.7. The molecule has 0 unspecified atom stereocenters. The van der Waals surface area contributed by atoms with Gasteiger partial charge in [-0.05, 0) is 51.6 Å². The minimum absolute atomic E-state index is 0.621. The van der Waals surface area contributed by atoms with Crippen LogP contribution in [0.5, 0.6) is 0 Å². The molecule has 0 amide bonds. The molecule has 0 radical (unpaired) electrons. The number of halogens is 1. The normalized spacial score (nSPS) is 10.9. The van der Waals surface area contributed by atoms with Crippen LogP contribution in [-0.4, -0.2) is 15.0 Å². The molecule has 1 heterocycles. The minimum Gasteiger partial charge on any atom is -0.208 e. The van der Waals surface area contributed by atoms with E-state index in [0.717, 1.165) is 55.1 Å². The molecule has 7 aromatic rings. The van der Waals surface area contributed by atoms with Gasteiger partial charge in [0.25, 0.3) is 0 Å². The van der Waals surface area contributed by atoms with Gasteiger partial charge >= 0.3 is 0 Å². The molecular weight excluding hydrogens is 546 g/mol. The summed E-state index contributed by atoms with van der Waals surface area (Å²) in [7, 11) is 0. The van der Waals surface area contributed by atoms with Gasteiger partial charge < -0.3 is 0 Å². The number of benzene rings is 6. The van der Waals surface area contributed by atoms with Crippen LogP contribution in [0.1, 0.15) is 0 Å². The van der Waals surface area contributed by atoms with Gasteiger partial charge in [0.15, 0.2) is 17.5 Å². The second kappa shape index (κ2) is 11.8. The molecule has 0 atom stereocenters. The van der Waals surface area contributed by atoms with E-state index < -0.39 is 0 Å². The summed E-state index contributed by atoms with van der Waals surface area (Å²) in [6, 6.07) is 53.5. The van der Waals surface area contributed by atoms with Crippen molar-refractivity contribution >= 4 is 11.6 Å². The number of hydrogen-bond donors (Lipinski definition) is 0. The summed E-state index contributed by atoms with van der Waals surface area (Å²) in [5.41, 5.74) is 9.44. The third-order valence-electron chi connectivity index (χ3n) is 7.44. The lowest BCUT2D eigenvalue weighted by Crippen LogP contribution is -2.01. The maximum atomic E-state index is 6.11. The molecule has 0 aliphatic carbocycles. The predicted octanol–water partition coefficient (Wildman–Crippen LogP) is 10.5. The molecule has 0 aliphatic rings. The number of rotatable bonds is 6. The standard InChI is InChI=1S/C39H26ClN3/c40-34-24-22-29(23-25-34)28-18-20-31(21-19-28)37-41-38(33-15-9-14-32(26-33)27-10-3-1-4-11-27)43-39(42-37)36-17-8-7-16-35(36)30-12-5-2-6-13-30/h1-26H. The average molecular weight is 572 g/mol. The molecule has 204 valence electrons. The highest BCUT2D eigenvalue weighted by Crippen LogP contribution is 2.33. The highest BCUT2D eigenvalue weighted by atomic mass is 35.5. The van der Waals surface area contributed by atoms with E-state index >= 15 is 0 Å². The van der Waals surface area contributed by atoms with Gasteiger partial charge in [0.1, 0.15) is 0 Å². The topological polar surface area (TPSA) is 38.7 Å². The van der Waals surface area contributed by atoms with Crippen LogP contribution in [0.25, 0.3) is 67.5 Å². The SMILES string of the molecule is Clc1ccc(-c2ccc(-c3nc(-c4cccc(-c5ccccc5)c4)nc(-c4ccccc4-c4ccccc4)n3)cc2)cc1. The summed E-state index contributed by atoms with van der Waals surface area (Å²) in [5, 5.41) is 0.720. The van der Waals surface area contributed by atoms with Crippen LogP contribution in [0.3, 0.4) is 0 Å². The van der Waals surface area contributed by atoms with Crippen LogP contribution >= 0.6 is 11.6 Å². The molecule has 7 rings (SSSR count). The molecule has 6 aromatic carbocycles. The average Bonchev–Trinajstić information content (AvgIpc) is 3.09. The fraction of sp³-hybridized carbons (Fsp3) is 0. The molecular formula is C39H26ClN3. The van der Waals surface area contributed by atoms with Gasteiger partial charge in [0.2, 0.25) is 0 Å². The van der Waals surface area contributed by atoms with E-state index in [-0.39, 0.29) is 0 Å². The summed E-state index contributed by atoms with van der Waals surface area (Å²) < 4.78 is 0. The Balaban J connectivity index is 1.37. The number of aromatic nitrogens is 3. The predicted molar refractivity (Wildman–Crippen MR) is 177 cm³/mol. The lowest BCUT2D eigenvalue weighted by atomic mass is 9.99. The van der Waals surface area contributed by atoms with Crippen molar-refractivity contribution < 1.29 is 0 Å². The third kappa shape index (κ3) is 5.72. The van der Waals surface area contributed by atoms with Crippen molar-refractivity contribution in [1.29, 1.82) is 0 Å². The first-order valence-electron chi connectivity index (χ1n) is 14.1. The molecule has 0 N–H and O–H groups in total. The van der Waals surface area contributed by atoms with Crippen molar-refractivity contribution in [2.24, 2.45) is 0 Å². The Morgan fingerprint density at radius 2 is 0.744 bits per heavy atom. The largest absolute Gasteiger partial charge is 0.208 e.